The lowest BCUT2D eigenvalue weighted by atomic mass is 10.0. The van der Waals surface area contributed by atoms with Gasteiger partial charge in [-0.25, -0.2) is 9.78 Å². The number of nitrogens with zero attached hydrogens (tertiary/aromatic N) is 1. The molecule has 1 atom stereocenters. The van der Waals surface area contributed by atoms with E-state index >= 15 is 0 Å². The summed E-state index contributed by atoms with van der Waals surface area (Å²) in [5.74, 6) is 0.579. The van der Waals surface area contributed by atoms with E-state index in [9.17, 15) is 9.59 Å². The average Bonchev–Trinajstić information content (AvgIpc) is 3.16. The van der Waals surface area contributed by atoms with Crippen LogP contribution in [0, 0.1) is 0 Å². The van der Waals surface area contributed by atoms with Crippen LogP contribution in [-0.4, -0.2) is 43.7 Å². The Kier molecular flexibility index (Phi) is 5.03. The second-order valence-electron chi connectivity index (χ2n) is 6.68. The zero-order valence-corrected chi connectivity index (χ0v) is 16.1. The number of rotatable bonds is 5. The van der Waals surface area contributed by atoms with E-state index in [1.165, 1.54) is 0 Å². The molecule has 1 saturated heterocycles. The van der Waals surface area contributed by atoms with Crippen molar-refractivity contribution in [3.63, 3.8) is 0 Å². The van der Waals surface area contributed by atoms with Gasteiger partial charge in [-0.3, -0.25) is 4.79 Å². The SMILES string of the molecule is COc1ccc(-c2cc(C(=O)O[C@H]3CNC(=O)C3)c3ccccc3n2)cc1OC. The van der Waals surface area contributed by atoms with Crippen LogP contribution in [0.1, 0.15) is 16.8 Å². The molecule has 0 saturated carbocycles. The number of carbonyl (C=O) groups is 2. The average molecular weight is 392 g/mol. The Bertz CT molecular complexity index is 1100. The largest absolute Gasteiger partial charge is 0.493 e. The molecule has 1 aliphatic heterocycles. The molecule has 7 heteroatoms. The third kappa shape index (κ3) is 3.71. The third-order valence-corrected chi connectivity index (χ3v) is 4.83. The lowest BCUT2D eigenvalue weighted by Crippen LogP contribution is -2.21. The van der Waals surface area contributed by atoms with Crippen LogP contribution >= 0.6 is 0 Å². The quantitative estimate of drug-likeness (QED) is 0.672. The number of ether oxygens (including phenoxy) is 3. The summed E-state index contributed by atoms with van der Waals surface area (Å²) in [5.41, 5.74) is 2.46. The van der Waals surface area contributed by atoms with Gasteiger partial charge in [-0.05, 0) is 30.3 Å². The Hall–Kier alpha value is -3.61. The van der Waals surface area contributed by atoms with E-state index in [1.807, 2.05) is 36.4 Å². The van der Waals surface area contributed by atoms with E-state index in [2.05, 4.69) is 5.32 Å². The molecule has 1 amide bonds. The molecule has 0 aliphatic carbocycles. The van der Waals surface area contributed by atoms with Gasteiger partial charge < -0.3 is 19.5 Å². The Morgan fingerprint density at radius 3 is 2.59 bits per heavy atom. The van der Waals surface area contributed by atoms with Crippen LogP contribution < -0.4 is 14.8 Å². The number of esters is 1. The fourth-order valence-electron chi connectivity index (χ4n) is 3.36. The summed E-state index contributed by atoms with van der Waals surface area (Å²) in [4.78, 5) is 29.0. The lowest BCUT2D eigenvalue weighted by molar-refractivity contribution is -0.119. The molecule has 3 aromatic rings. The molecular formula is C22H20N2O5. The van der Waals surface area contributed by atoms with Crippen molar-refractivity contribution in [1.29, 1.82) is 0 Å². The molecule has 2 aromatic carbocycles. The molecule has 1 aliphatic rings. The number of methoxy groups -OCH3 is 2. The van der Waals surface area contributed by atoms with Crippen LogP contribution in [0.25, 0.3) is 22.2 Å². The number of aromatic nitrogens is 1. The maximum atomic E-state index is 12.9. The van der Waals surface area contributed by atoms with E-state index < -0.39 is 12.1 Å². The van der Waals surface area contributed by atoms with Gasteiger partial charge >= 0.3 is 5.97 Å². The minimum Gasteiger partial charge on any atom is -0.493 e. The molecule has 29 heavy (non-hydrogen) atoms. The monoisotopic (exact) mass is 392 g/mol. The molecule has 148 valence electrons. The van der Waals surface area contributed by atoms with Crippen molar-refractivity contribution in [2.45, 2.75) is 12.5 Å². The van der Waals surface area contributed by atoms with Gasteiger partial charge in [0.2, 0.25) is 5.91 Å². The fourth-order valence-corrected chi connectivity index (χ4v) is 3.36. The first-order chi connectivity index (χ1) is 14.1. The van der Waals surface area contributed by atoms with E-state index in [4.69, 9.17) is 19.2 Å². The lowest BCUT2D eigenvalue weighted by Gasteiger charge is -2.14. The number of hydrogen-bond acceptors (Lipinski definition) is 6. The fraction of sp³-hybridized carbons (Fsp3) is 0.227. The van der Waals surface area contributed by atoms with Crippen LogP contribution in [0.4, 0.5) is 0 Å². The highest BCUT2D eigenvalue weighted by atomic mass is 16.5. The standard InChI is InChI=1S/C22H20N2O5/c1-27-19-8-7-13(9-20(19)28-2)18-11-16(15-5-3-4-6-17(15)24-18)22(26)29-14-10-21(25)23-12-14/h3-9,11,14H,10,12H2,1-2H3,(H,23,25)/t14-/m1/s1. The molecule has 0 unspecified atom stereocenters. The van der Waals surface area contributed by atoms with Gasteiger partial charge in [-0.1, -0.05) is 18.2 Å². The minimum absolute atomic E-state index is 0.117. The van der Waals surface area contributed by atoms with Crippen molar-refractivity contribution in [3.8, 4) is 22.8 Å². The first-order valence-corrected chi connectivity index (χ1v) is 9.19. The van der Waals surface area contributed by atoms with Crippen molar-refractivity contribution in [2.75, 3.05) is 20.8 Å². The maximum Gasteiger partial charge on any atom is 0.339 e. The van der Waals surface area contributed by atoms with Crippen LogP contribution in [-0.2, 0) is 9.53 Å². The summed E-state index contributed by atoms with van der Waals surface area (Å²) < 4.78 is 16.2. The second-order valence-corrected chi connectivity index (χ2v) is 6.68. The smallest absolute Gasteiger partial charge is 0.339 e. The number of fused-ring (bicyclic) bond motifs is 1. The summed E-state index contributed by atoms with van der Waals surface area (Å²) in [6, 6.07) is 14.5. The highest BCUT2D eigenvalue weighted by molar-refractivity contribution is 6.04. The molecule has 4 rings (SSSR count). The van der Waals surface area contributed by atoms with E-state index in [1.54, 1.807) is 26.4 Å². The minimum atomic E-state index is -0.480. The number of benzene rings is 2. The molecule has 0 bridgehead atoms. The molecule has 7 nitrogen and oxygen atoms in total. The van der Waals surface area contributed by atoms with Crippen molar-refractivity contribution in [3.05, 3.63) is 54.1 Å². The Morgan fingerprint density at radius 2 is 1.86 bits per heavy atom. The molecule has 1 N–H and O–H groups in total. The molecule has 0 spiro atoms. The van der Waals surface area contributed by atoms with Gasteiger partial charge in [0.1, 0.15) is 6.10 Å². The van der Waals surface area contributed by atoms with Gasteiger partial charge in [0.25, 0.3) is 0 Å². The number of para-hydroxylation sites is 1. The summed E-state index contributed by atoms with van der Waals surface area (Å²) in [6.45, 7) is 0.329. The van der Waals surface area contributed by atoms with Crippen LogP contribution in [0.5, 0.6) is 11.5 Å². The zero-order valence-electron chi connectivity index (χ0n) is 16.1. The van der Waals surface area contributed by atoms with Gasteiger partial charge in [0.15, 0.2) is 11.5 Å². The number of amides is 1. The molecule has 1 fully saturated rings. The summed E-state index contributed by atoms with van der Waals surface area (Å²) in [6.07, 6.45) is -0.288. The van der Waals surface area contributed by atoms with Crippen LogP contribution in [0.3, 0.4) is 0 Å². The number of nitrogens with one attached hydrogen (secondary N) is 1. The zero-order chi connectivity index (χ0) is 20.4. The van der Waals surface area contributed by atoms with Gasteiger partial charge in [-0.15, -0.1) is 0 Å². The first kappa shape index (κ1) is 18.7. The predicted molar refractivity (Wildman–Crippen MR) is 107 cm³/mol. The number of pyridine rings is 1. The van der Waals surface area contributed by atoms with Gasteiger partial charge in [-0.2, -0.15) is 0 Å². The van der Waals surface area contributed by atoms with Gasteiger partial charge in [0.05, 0.1) is 44.0 Å². The topological polar surface area (TPSA) is 86.8 Å². The summed E-state index contributed by atoms with van der Waals surface area (Å²) >= 11 is 0. The highest BCUT2D eigenvalue weighted by Gasteiger charge is 2.26. The Balaban J connectivity index is 1.76. The van der Waals surface area contributed by atoms with Crippen molar-refractivity contribution in [2.24, 2.45) is 0 Å². The molecule has 2 heterocycles. The highest BCUT2D eigenvalue weighted by Crippen LogP contribution is 2.33. The molecule has 1 aromatic heterocycles. The Morgan fingerprint density at radius 1 is 1.07 bits per heavy atom. The van der Waals surface area contributed by atoms with Crippen molar-refractivity contribution >= 4 is 22.8 Å². The maximum absolute atomic E-state index is 12.9. The van der Waals surface area contributed by atoms with Gasteiger partial charge in [0, 0.05) is 10.9 Å². The van der Waals surface area contributed by atoms with Crippen LogP contribution in [0.15, 0.2) is 48.5 Å². The molecule has 0 radical (unpaired) electrons. The Labute approximate surface area is 167 Å². The summed E-state index contributed by atoms with van der Waals surface area (Å²) in [5, 5.41) is 3.36. The van der Waals surface area contributed by atoms with Crippen molar-refractivity contribution in [1.82, 2.24) is 10.3 Å². The third-order valence-electron chi connectivity index (χ3n) is 4.83. The van der Waals surface area contributed by atoms with E-state index in [0.717, 1.165) is 5.56 Å². The van der Waals surface area contributed by atoms with E-state index in [-0.39, 0.29) is 12.3 Å². The van der Waals surface area contributed by atoms with Crippen LogP contribution in [0.2, 0.25) is 0 Å². The summed E-state index contributed by atoms with van der Waals surface area (Å²) in [7, 11) is 3.14. The normalized spacial score (nSPS) is 15.8. The number of hydrogen-bond donors (Lipinski definition) is 1. The first-order valence-electron chi connectivity index (χ1n) is 9.19. The second kappa shape index (κ2) is 7.79. The molecular weight excluding hydrogens is 372 g/mol. The number of carbonyl (C=O) groups excluding carboxylic acids is 2. The van der Waals surface area contributed by atoms with E-state index in [0.29, 0.717) is 40.2 Å². The van der Waals surface area contributed by atoms with Crippen molar-refractivity contribution < 1.29 is 23.8 Å². The predicted octanol–water partition coefficient (Wildman–Crippen LogP) is 2.96.